The van der Waals surface area contributed by atoms with E-state index >= 15 is 4.39 Å². The molecule has 2 aromatic rings. The number of rotatable bonds is 8. The van der Waals surface area contributed by atoms with Crippen molar-refractivity contribution in [3.8, 4) is 16.2 Å². The van der Waals surface area contributed by atoms with Crippen molar-refractivity contribution < 1.29 is 47.6 Å². The Labute approximate surface area is 301 Å². The highest BCUT2D eigenvalue weighted by molar-refractivity contribution is 7.80. The molecule has 1 aromatic heterocycles. The van der Waals surface area contributed by atoms with Gasteiger partial charge in [-0.15, -0.1) is 0 Å². The summed E-state index contributed by atoms with van der Waals surface area (Å²) < 4.78 is 42.0. The van der Waals surface area contributed by atoms with Crippen molar-refractivity contribution in [2.45, 2.75) is 95.5 Å². The Morgan fingerprint density at radius 3 is 2.48 bits per heavy atom. The van der Waals surface area contributed by atoms with Gasteiger partial charge in [-0.05, 0) is 100 Å². The van der Waals surface area contributed by atoms with Gasteiger partial charge >= 0.3 is 11.9 Å². The van der Waals surface area contributed by atoms with Crippen LogP contribution in [0.4, 0.5) is 4.39 Å². The van der Waals surface area contributed by atoms with Gasteiger partial charge in [0, 0.05) is 21.6 Å². The number of carbonyl (C=O) groups excluding carboxylic acids is 4. The maximum absolute atomic E-state index is 17.6. The van der Waals surface area contributed by atoms with Crippen molar-refractivity contribution >= 4 is 56.4 Å². The van der Waals surface area contributed by atoms with E-state index in [1.807, 2.05) is 25.1 Å². The molecular formula is C37H39FO9S3. The summed E-state index contributed by atoms with van der Waals surface area (Å²) >= 11 is 5.19. The zero-order valence-electron chi connectivity index (χ0n) is 28.2. The van der Waals surface area contributed by atoms with Crippen LogP contribution < -0.4 is 4.74 Å². The molecule has 1 aromatic carbocycles. The number of aliphatic hydroxyl groups excluding tert-OH is 1. The predicted molar refractivity (Wildman–Crippen MR) is 186 cm³/mol. The third kappa shape index (κ3) is 5.42. The second-order valence-corrected chi connectivity index (χ2v) is 17.8. The van der Waals surface area contributed by atoms with E-state index in [0.717, 1.165) is 14.3 Å². The highest BCUT2D eigenvalue weighted by atomic mass is 32.9. The summed E-state index contributed by atoms with van der Waals surface area (Å²) in [5, 5.41) is 11.7. The number of allylic oxidation sites excluding steroid dienone is 4. The minimum absolute atomic E-state index is 0.0966. The fraction of sp³-hybridized carbons (Fsp3) is 0.541. The minimum Gasteiger partial charge on any atom is -0.458 e. The molecule has 4 fully saturated rings. The van der Waals surface area contributed by atoms with E-state index in [2.05, 4.69) is 0 Å². The number of fused-ring (bicyclic) bond motifs is 7. The van der Waals surface area contributed by atoms with Crippen LogP contribution in [0.5, 0.6) is 5.75 Å². The lowest BCUT2D eigenvalue weighted by Crippen LogP contribution is -2.70. The van der Waals surface area contributed by atoms with E-state index in [-0.39, 0.29) is 25.0 Å². The van der Waals surface area contributed by atoms with Crippen LogP contribution in [-0.4, -0.2) is 64.5 Å². The summed E-state index contributed by atoms with van der Waals surface area (Å²) in [4.78, 5) is 52.8. The molecule has 266 valence electrons. The number of ether oxygens (including phenoxy) is 4. The number of aliphatic hydroxyl groups is 1. The van der Waals surface area contributed by atoms with Crippen molar-refractivity contribution in [1.29, 1.82) is 0 Å². The molecule has 1 saturated heterocycles. The Hall–Kier alpha value is -2.94. The molecule has 2 heterocycles. The van der Waals surface area contributed by atoms with Crippen LogP contribution in [0.25, 0.3) is 10.4 Å². The Balaban J connectivity index is 1.03. The van der Waals surface area contributed by atoms with Crippen LogP contribution in [0, 0.1) is 26.5 Å². The van der Waals surface area contributed by atoms with Crippen LogP contribution in [0.2, 0.25) is 0 Å². The SMILES string of the molecule is CC1(C)O[C@@H]2C[C@H]3[C@@H]4CCC5=CC(=O)C=C[C@]5(C)[C@@]4(F)[C@@H](O)C[C@]3(C)[C@]2(C(=O)COC(=O)CCC(=O)Oc2ccc(-c3cc(=S)ss3)cc2)O1. The molecule has 0 spiro atoms. The van der Waals surface area contributed by atoms with E-state index in [1.54, 1.807) is 49.3 Å². The molecule has 5 aliphatic rings. The second kappa shape index (κ2) is 12.3. The van der Waals surface area contributed by atoms with Gasteiger partial charge in [0.1, 0.15) is 9.57 Å². The Morgan fingerprint density at radius 2 is 1.78 bits per heavy atom. The number of ketones is 2. The fourth-order valence-electron chi connectivity index (χ4n) is 9.58. The molecular weight excluding hydrogens is 704 g/mol. The van der Waals surface area contributed by atoms with Gasteiger partial charge in [-0.2, -0.15) is 0 Å². The first kappa shape index (κ1) is 35.5. The van der Waals surface area contributed by atoms with Crippen LogP contribution in [-0.2, 0) is 33.4 Å². The minimum atomic E-state index is -2.08. The van der Waals surface area contributed by atoms with Crippen LogP contribution in [0.3, 0.4) is 0 Å². The third-order valence-corrected chi connectivity index (χ3v) is 14.7. The molecule has 0 bridgehead atoms. The molecule has 0 unspecified atom stereocenters. The summed E-state index contributed by atoms with van der Waals surface area (Å²) in [5.74, 6) is -4.01. The first-order valence-electron chi connectivity index (χ1n) is 16.8. The van der Waals surface area contributed by atoms with E-state index in [1.165, 1.54) is 22.5 Å². The molecule has 4 aliphatic carbocycles. The largest absolute Gasteiger partial charge is 0.458 e. The lowest BCUT2D eigenvalue weighted by molar-refractivity contribution is -0.246. The Kier molecular flexibility index (Phi) is 8.75. The predicted octanol–water partition coefficient (Wildman–Crippen LogP) is 6.87. The standard InChI is InChI=1S/C37H39FO9S3/c1-33(2)46-29-16-25-24-10-7-21-15-22(39)13-14-34(21,3)36(24,38)27(40)18-35(25,4)37(29,47-33)28(41)19-44-30(42)11-12-31(43)45-23-8-5-20(6-9-23)26-17-32(48)50-49-26/h5-6,8-9,13-15,17,24-25,27,29,40H,7,10-12,16,18-19H2,1-4H3/t24-,25-,27-,29+,34-,35-,36-,37+/m0/s1. The highest BCUT2D eigenvalue weighted by Crippen LogP contribution is 2.72. The molecule has 3 saturated carbocycles. The van der Waals surface area contributed by atoms with Gasteiger partial charge in [0.25, 0.3) is 0 Å². The summed E-state index contributed by atoms with van der Waals surface area (Å²) in [5.41, 5.74) is -4.32. The molecule has 50 heavy (non-hydrogen) atoms. The quantitative estimate of drug-likeness (QED) is 0.133. The van der Waals surface area contributed by atoms with Crippen molar-refractivity contribution in [1.82, 2.24) is 0 Å². The van der Waals surface area contributed by atoms with Crippen molar-refractivity contribution in [3.05, 3.63) is 58.0 Å². The molecule has 8 atom stereocenters. The van der Waals surface area contributed by atoms with Gasteiger partial charge in [-0.25, -0.2) is 4.39 Å². The zero-order chi connectivity index (χ0) is 35.9. The maximum Gasteiger partial charge on any atom is 0.311 e. The molecule has 7 rings (SSSR count). The van der Waals surface area contributed by atoms with E-state index in [4.69, 9.17) is 31.2 Å². The van der Waals surface area contributed by atoms with Gasteiger partial charge in [-0.1, -0.05) is 51.5 Å². The van der Waals surface area contributed by atoms with Gasteiger partial charge in [0.15, 0.2) is 29.4 Å². The average Bonchev–Trinajstić information content (AvgIpc) is 3.69. The fourth-order valence-corrected chi connectivity index (χ4v) is 12.0. The van der Waals surface area contributed by atoms with Crippen molar-refractivity contribution in [3.63, 3.8) is 0 Å². The van der Waals surface area contributed by atoms with E-state index in [9.17, 15) is 24.3 Å². The third-order valence-electron chi connectivity index (χ3n) is 11.8. The van der Waals surface area contributed by atoms with E-state index < -0.39 is 76.3 Å². The molecule has 1 aliphatic heterocycles. The topological polar surface area (TPSA) is 125 Å². The second-order valence-electron chi connectivity index (χ2n) is 14.9. The lowest BCUT2D eigenvalue weighted by Gasteiger charge is -2.62. The van der Waals surface area contributed by atoms with E-state index in [0.29, 0.717) is 30.6 Å². The molecule has 0 amide bonds. The summed E-state index contributed by atoms with van der Waals surface area (Å²) in [6.07, 6.45) is 2.72. The summed E-state index contributed by atoms with van der Waals surface area (Å²) in [6, 6.07) is 8.89. The lowest BCUT2D eigenvalue weighted by atomic mass is 9.44. The maximum atomic E-state index is 17.6. The molecule has 1 N–H and O–H groups in total. The number of alkyl halides is 1. The summed E-state index contributed by atoms with van der Waals surface area (Å²) in [6.45, 7) is 6.34. The number of hydrogen-bond acceptors (Lipinski definition) is 12. The van der Waals surface area contributed by atoms with Crippen molar-refractivity contribution in [2.24, 2.45) is 22.7 Å². The molecule has 9 nitrogen and oxygen atoms in total. The Bertz CT molecular complexity index is 1880. The molecule has 13 heteroatoms. The smallest absolute Gasteiger partial charge is 0.311 e. The van der Waals surface area contributed by atoms with Gasteiger partial charge in [-0.3, -0.25) is 19.2 Å². The summed E-state index contributed by atoms with van der Waals surface area (Å²) in [7, 11) is 3.07. The number of Topliss-reactive ketones (excluding diaryl/α,β-unsaturated/α-hetero) is 1. The monoisotopic (exact) mass is 742 g/mol. The van der Waals surface area contributed by atoms with Crippen LogP contribution in [0.15, 0.2) is 54.1 Å². The average molecular weight is 743 g/mol. The molecule has 0 radical (unpaired) electrons. The van der Waals surface area contributed by atoms with Gasteiger partial charge < -0.3 is 24.1 Å². The van der Waals surface area contributed by atoms with Gasteiger partial charge in [0.05, 0.1) is 25.0 Å². The number of hydrogen-bond donors (Lipinski definition) is 1. The highest BCUT2D eigenvalue weighted by Gasteiger charge is 2.80. The first-order chi connectivity index (χ1) is 23.5. The zero-order valence-corrected chi connectivity index (χ0v) is 30.6. The van der Waals surface area contributed by atoms with Crippen molar-refractivity contribution in [2.75, 3.05) is 6.61 Å². The number of halogens is 1. The normalized spacial score (nSPS) is 36.4. The number of esters is 2. The number of benzene rings is 1. The number of carbonyl (C=O) groups is 4. The Morgan fingerprint density at radius 1 is 1.06 bits per heavy atom. The van der Waals surface area contributed by atoms with Crippen LogP contribution >= 0.6 is 32.9 Å². The van der Waals surface area contributed by atoms with Gasteiger partial charge in [0.2, 0.25) is 5.78 Å². The van der Waals surface area contributed by atoms with Crippen LogP contribution in [0.1, 0.15) is 66.2 Å². The first-order valence-corrected chi connectivity index (χ1v) is 19.4.